The Bertz CT molecular complexity index is 599. The smallest absolute Gasteiger partial charge is 0.428 e. The van der Waals surface area contributed by atoms with Crippen molar-refractivity contribution in [2.75, 3.05) is 32.8 Å². The minimum Gasteiger partial charge on any atom is -0.428 e. The molecule has 7 nitrogen and oxygen atoms in total. The lowest BCUT2D eigenvalue weighted by Crippen LogP contribution is -2.49. The number of quaternary nitrogens is 1. The van der Waals surface area contributed by atoms with Crippen molar-refractivity contribution in [3.05, 3.63) is 24.3 Å². The molecular weight excluding hydrogens is 322 g/mol. The van der Waals surface area contributed by atoms with Gasteiger partial charge in [0.15, 0.2) is 0 Å². The normalized spacial score (nSPS) is 12.0. The predicted molar refractivity (Wildman–Crippen MR) is 85.0 cm³/mol. The van der Waals surface area contributed by atoms with E-state index in [1.54, 1.807) is 0 Å². The van der Waals surface area contributed by atoms with Crippen LogP contribution in [-0.4, -0.2) is 56.4 Å². The highest BCUT2D eigenvalue weighted by molar-refractivity contribution is 7.85. The lowest BCUT2D eigenvalue weighted by atomic mass is 10.3. The summed E-state index contributed by atoms with van der Waals surface area (Å²) in [5.74, 6) is 0.143. The first kappa shape index (κ1) is 19.4. The van der Waals surface area contributed by atoms with Gasteiger partial charge in [0, 0.05) is 0 Å². The predicted octanol–water partition coefficient (Wildman–Crippen LogP) is 2.33. The van der Waals surface area contributed by atoms with Gasteiger partial charge in [0.1, 0.15) is 18.9 Å². The quantitative estimate of drug-likeness (QED) is 0.336. The Balaban J connectivity index is 2.51. The third kappa shape index (κ3) is 5.81. The maximum absolute atomic E-state index is 11.6. The summed E-state index contributed by atoms with van der Waals surface area (Å²) in [6, 6.07) is 4.83. The zero-order valence-electron chi connectivity index (χ0n) is 13.7. The molecule has 0 unspecified atom stereocenters. The van der Waals surface area contributed by atoms with E-state index in [4.69, 9.17) is 14.0 Å². The molecule has 8 heteroatoms. The van der Waals surface area contributed by atoms with E-state index >= 15 is 0 Å². The van der Waals surface area contributed by atoms with Crippen molar-refractivity contribution < 1.29 is 31.7 Å². The van der Waals surface area contributed by atoms with Crippen LogP contribution in [0.2, 0.25) is 0 Å². The number of hydrogen-bond acceptors (Lipinski definition) is 5. The SMILES string of the molecule is CC[N+](CC)(CC)CCOC(=O)Oc1ccc(S(=O)(=O)O)cc1. The number of nitrogens with zero attached hydrogens (tertiary/aromatic N) is 1. The Hall–Kier alpha value is -1.64. The summed E-state index contributed by atoms with van der Waals surface area (Å²) in [5.41, 5.74) is 0. The Morgan fingerprint density at radius 2 is 1.61 bits per heavy atom. The molecule has 0 radical (unpaired) electrons. The maximum Gasteiger partial charge on any atom is 0.514 e. The molecule has 1 rings (SSSR count). The lowest BCUT2D eigenvalue weighted by Gasteiger charge is -2.35. The Kier molecular flexibility index (Phi) is 6.99. The molecule has 0 amide bonds. The van der Waals surface area contributed by atoms with Gasteiger partial charge >= 0.3 is 6.16 Å². The summed E-state index contributed by atoms with van der Waals surface area (Å²) < 4.78 is 41.5. The molecule has 1 N–H and O–H groups in total. The second-order valence-corrected chi connectivity index (χ2v) is 6.58. The van der Waals surface area contributed by atoms with Crippen LogP contribution in [0.1, 0.15) is 20.8 Å². The molecule has 0 aliphatic rings. The third-order valence-electron chi connectivity index (χ3n) is 4.12. The van der Waals surface area contributed by atoms with E-state index in [2.05, 4.69) is 20.8 Å². The van der Waals surface area contributed by atoms with E-state index in [9.17, 15) is 13.2 Å². The second-order valence-electron chi connectivity index (χ2n) is 5.16. The van der Waals surface area contributed by atoms with E-state index in [-0.39, 0.29) is 17.3 Å². The highest BCUT2D eigenvalue weighted by Crippen LogP contribution is 2.16. The van der Waals surface area contributed by atoms with Gasteiger partial charge in [-0.3, -0.25) is 4.55 Å². The zero-order chi connectivity index (χ0) is 17.5. The number of rotatable bonds is 8. The van der Waals surface area contributed by atoms with Crippen LogP contribution in [0.3, 0.4) is 0 Å². The van der Waals surface area contributed by atoms with Crippen LogP contribution in [-0.2, 0) is 14.9 Å². The molecule has 0 aliphatic heterocycles. The zero-order valence-corrected chi connectivity index (χ0v) is 14.5. The van der Waals surface area contributed by atoms with Crippen molar-refractivity contribution in [1.29, 1.82) is 0 Å². The van der Waals surface area contributed by atoms with Crippen molar-refractivity contribution in [2.45, 2.75) is 25.7 Å². The van der Waals surface area contributed by atoms with Crippen molar-refractivity contribution in [1.82, 2.24) is 0 Å². The molecular formula is C15H24NO6S+. The molecule has 0 aromatic heterocycles. The number of ether oxygens (including phenoxy) is 2. The van der Waals surface area contributed by atoms with Gasteiger partial charge in [-0.2, -0.15) is 8.42 Å². The van der Waals surface area contributed by atoms with Gasteiger partial charge in [-0.25, -0.2) is 4.79 Å². The van der Waals surface area contributed by atoms with E-state index < -0.39 is 16.3 Å². The number of likely N-dealkylation sites (N-methyl/N-ethyl adjacent to an activating group) is 1. The highest BCUT2D eigenvalue weighted by atomic mass is 32.2. The summed E-state index contributed by atoms with van der Waals surface area (Å²) in [7, 11) is -4.26. The van der Waals surface area contributed by atoms with Crippen LogP contribution in [0, 0.1) is 0 Å². The first-order chi connectivity index (χ1) is 10.8. The molecule has 0 aliphatic carbocycles. The number of benzene rings is 1. The molecule has 0 atom stereocenters. The number of carbonyl (C=O) groups is 1. The number of carbonyl (C=O) groups excluding carboxylic acids is 1. The van der Waals surface area contributed by atoms with Crippen LogP contribution in [0.25, 0.3) is 0 Å². The first-order valence-electron chi connectivity index (χ1n) is 7.53. The van der Waals surface area contributed by atoms with Gasteiger partial charge in [0.25, 0.3) is 10.1 Å². The Morgan fingerprint density at radius 3 is 2.04 bits per heavy atom. The molecule has 1 aromatic rings. The van der Waals surface area contributed by atoms with Crippen LogP contribution in [0.4, 0.5) is 4.79 Å². The fourth-order valence-electron chi connectivity index (χ4n) is 2.27. The van der Waals surface area contributed by atoms with Crippen LogP contribution in [0.15, 0.2) is 29.2 Å². The monoisotopic (exact) mass is 346 g/mol. The van der Waals surface area contributed by atoms with Gasteiger partial charge < -0.3 is 14.0 Å². The van der Waals surface area contributed by atoms with Crippen molar-refractivity contribution in [3.63, 3.8) is 0 Å². The van der Waals surface area contributed by atoms with Gasteiger partial charge in [-0.05, 0) is 45.0 Å². The summed E-state index contributed by atoms with van der Waals surface area (Å²) >= 11 is 0. The fraction of sp³-hybridized carbons (Fsp3) is 0.533. The molecule has 0 fully saturated rings. The lowest BCUT2D eigenvalue weighted by molar-refractivity contribution is -0.923. The summed E-state index contributed by atoms with van der Waals surface area (Å²) in [5, 5.41) is 0. The third-order valence-corrected chi connectivity index (χ3v) is 4.99. The van der Waals surface area contributed by atoms with E-state index in [1.807, 2.05) is 0 Å². The largest absolute Gasteiger partial charge is 0.514 e. The molecule has 130 valence electrons. The summed E-state index contributed by atoms with van der Waals surface area (Å²) in [6.07, 6.45) is -0.842. The second kappa shape index (κ2) is 8.28. The molecule has 0 saturated heterocycles. The van der Waals surface area contributed by atoms with Crippen LogP contribution in [0.5, 0.6) is 5.75 Å². The van der Waals surface area contributed by atoms with Gasteiger partial charge in [0.2, 0.25) is 0 Å². The first-order valence-corrected chi connectivity index (χ1v) is 8.97. The Labute approximate surface area is 137 Å². The van der Waals surface area contributed by atoms with Gasteiger partial charge in [-0.1, -0.05) is 0 Å². The maximum atomic E-state index is 11.6. The fourth-order valence-corrected chi connectivity index (χ4v) is 2.75. The minimum absolute atomic E-state index is 0.143. The Morgan fingerprint density at radius 1 is 1.09 bits per heavy atom. The summed E-state index contributed by atoms with van der Waals surface area (Å²) in [6.45, 7) is 10.1. The average molecular weight is 346 g/mol. The van der Waals surface area contributed by atoms with Crippen molar-refractivity contribution in [3.8, 4) is 5.75 Å². The molecule has 0 heterocycles. The van der Waals surface area contributed by atoms with E-state index in [0.717, 1.165) is 36.3 Å². The molecule has 23 heavy (non-hydrogen) atoms. The van der Waals surface area contributed by atoms with Crippen LogP contribution >= 0.6 is 0 Å². The van der Waals surface area contributed by atoms with Crippen LogP contribution < -0.4 is 4.74 Å². The van der Waals surface area contributed by atoms with Gasteiger partial charge in [-0.15, -0.1) is 0 Å². The van der Waals surface area contributed by atoms with Crippen molar-refractivity contribution in [2.24, 2.45) is 0 Å². The number of hydrogen-bond donors (Lipinski definition) is 1. The standard InChI is InChI=1S/C15H23NO6S/c1-4-16(5-2,6-3)11-12-21-15(17)22-13-7-9-14(10-8-13)23(18,19)20/h7-10H,4-6,11-12H2,1-3H3/p+1. The topological polar surface area (TPSA) is 89.9 Å². The molecule has 1 aromatic carbocycles. The molecule has 0 bridgehead atoms. The molecule has 0 saturated carbocycles. The van der Waals surface area contributed by atoms with Gasteiger partial charge in [0.05, 0.1) is 24.5 Å². The van der Waals surface area contributed by atoms with E-state index in [0.29, 0.717) is 6.54 Å². The minimum atomic E-state index is -4.26. The van der Waals surface area contributed by atoms with E-state index in [1.165, 1.54) is 12.1 Å². The molecule has 0 spiro atoms. The highest BCUT2D eigenvalue weighted by Gasteiger charge is 2.21. The van der Waals surface area contributed by atoms with Crippen molar-refractivity contribution >= 4 is 16.3 Å². The average Bonchev–Trinajstić information content (AvgIpc) is 2.52. The summed E-state index contributed by atoms with van der Waals surface area (Å²) in [4.78, 5) is 11.4.